The zero-order chi connectivity index (χ0) is 14.9. The molecule has 21 heavy (non-hydrogen) atoms. The molecule has 2 saturated heterocycles. The quantitative estimate of drug-likeness (QED) is 0.811. The Hall–Kier alpha value is -1.59. The molecule has 2 aliphatic rings. The van der Waals surface area contributed by atoms with Crippen molar-refractivity contribution in [1.82, 2.24) is 0 Å². The Bertz CT molecular complexity index is 525. The number of carbonyl (C=O) groups is 1. The molecule has 5 heteroatoms. The van der Waals surface area contributed by atoms with Gasteiger partial charge in [-0.15, -0.1) is 0 Å². The van der Waals surface area contributed by atoms with E-state index in [2.05, 4.69) is 0 Å². The number of carboxylic acids is 1. The summed E-state index contributed by atoms with van der Waals surface area (Å²) in [6, 6.07) is 7.56. The third-order valence-electron chi connectivity index (χ3n) is 4.27. The van der Waals surface area contributed by atoms with E-state index in [1.165, 1.54) is 0 Å². The van der Waals surface area contributed by atoms with E-state index in [1.54, 1.807) is 0 Å². The van der Waals surface area contributed by atoms with Crippen LogP contribution in [0, 0.1) is 5.92 Å². The van der Waals surface area contributed by atoms with Gasteiger partial charge in [0.15, 0.2) is 5.60 Å². The van der Waals surface area contributed by atoms with Crippen LogP contribution in [0.1, 0.15) is 18.9 Å². The average Bonchev–Trinajstić information content (AvgIpc) is 3.22. The first-order valence-corrected chi connectivity index (χ1v) is 7.31. The van der Waals surface area contributed by atoms with Crippen LogP contribution >= 0.6 is 0 Å². The van der Waals surface area contributed by atoms with E-state index in [0.29, 0.717) is 19.6 Å². The van der Waals surface area contributed by atoms with Gasteiger partial charge in [-0.2, -0.15) is 0 Å². The minimum absolute atomic E-state index is 0.000520. The fourth-order valence-electron chi connectivity index (χ4n) is 2.77. The van der Waals surface area contributed by atoms with Gasteiger partial charge in [-0.05, 0) is 30.0 Å². The van der Waals surface area contributed by atoms with Gasteiger partial charge in [-0.25, -0.2) is 4.79 Å². The van der Waals surface area contributed by atoms with Crippen molar-refractivity contribution < 1.29 is 24.1 Å². The van der Waals surface area contributed by atoms with Gasteiger partial charge < -0.3 is 19.3 Å². The van der Waals surface area contributed by atoms with Gasteiger partial charge in [0.1, 0.15) is 18.5 Å². The van der Waals surface area contributed by atoms with Crippen molar-refractivity contribution >= 4 is 5.97 Å². The van der Waals surface area contributed by atoms with Crippen LogP contribution in [0.15, 0.2) is 24.3 Å². The van der Waals surface area contributed by atoms with Gasteiger partial charge in [0.2, 0.25) is 0 Å². The second kappa shape index (κ2) is 5.66. The molecule has 2 heterocycles. The van der Waals surface area contributed by atoms with Gasteiger partial charge in [0, 0.05) is 13.0 Å². The number of rotatable bonds is 6. The van der Waals surface area contributed by atoms with E-state index in [-0.39, 0.29) is 12.0 Å². The normalized spacial score (nSPS) is 31.1. The maximum atomic E-state index is 11.7. The Morgan fingerprint density at radius 2 is 2.33 bits per heavy atom. The van der Waals surface area contributed by atoms with Crippen molar-refractivity contribution in [3.63, 3.8) is 0 Å². The predicted octanol–water partition coefficient (Wildman–Crippen LogP) is 1.89. The molecule has 0 bridgehead atoms. The number of carboxylic acid groups (broad SMARTS) is 1. The lowest BCUT2D eigenvalue weighted by molar-refractivity contribution is -0.163. The zero-order valence-corrected chi connectivity index (χ0v) is 12.1. The first kappa shape index (κ1) is 14.4. The minimum Gasteiger partial charge on any atom is -0.491 e. The van der Waals surface area contributed by atoms with Crippen LogP contribution in [0.3, 0.4) is 0 Å². The molecule has 2 fully saturated rings. The molecule has 2 unspecified atom stereocenters. The molecule has 0 aliphatic carbocycles. The molecule has 0 amide bonds. The fourth-order valence-corrected chi connectivity index (χ4v) is 2.77. The van der Waals surface area contributed by atoms with Gasteiger partial charge in [-0.3, -0.25) is 0 Å². The first-order valence-electron chi connectivity index (χ1n) is 7.31. The molecular weight excluding hydrogens is 272 g/mol. The summed E-state index contributed by atoms with van der Waals surface area (Å²) < 4.78 is 16.4. The van der Waals surface area contributed by atoms with Crippen LogP contribution in [0.4, 0.5) is 0 Å². The molecular formula is C16H20O5. The highest BCUT2D eigenvalue weighted by molar-refractivity contribution is 5.78. The number of aliphatic carboxylic acids is 1. The third kappa shape index (κ3) is 3.04. The largest absolute Gasteiger partial charge is 0.491 e. The molecule has 1 N–H and O–H groups in total. The number of hydrogen-bond donors (Lipinski definition) is 1. The van der Waals surface area contributed by atoms with Crippen molar-refractivity contribution in [2.45, 2.75) is 31.5 Å². The summed E-state index contributed by atoms with van der Waals surface area (Å²) >= 11 is 0. The second-order valence-corrected chi connectivity index (χ2v) is 5.82. The summed E-state index contributed by atoms with van der Waals surface area (Å²) in [5, 5.41) is 9.58. The molecule has 1 aromatic carbocycles. The molecule has 0 aromatic heterocycles. The number of ether oxygens (including phenoxy) is 3. The monoisotopic (exact) mass is 292 g/mol. The molecule has 2 aliphatic heterocycles. The van der Waals surface area contributed by atoms with Crippen molar-refractivity contribution in [2.24, 2.45) is 5.92 Å². The van der Waals surface area contributed by atoms with Gasteiger partial charge >= 0.3 is 5.97 Å². The highest BCUT2D eigenvalue weighted by Crippen LogP contribution is 2.36. The highest BCUT2D eigenvalue weighted by atomic mass is 16.6. The maximum absolute atomic E-state index is 11.7. The summed E-state index contributed by atoms with van der Waals surface area (Å²) in [5.41, 5.74) is -0.196. The summed E-state index contributed by atoms with van der Waals surface area (Å²) in [4.78, 5) is 11.7. The van der Waals surface area contributed by atoms with E-state index in [0.717, 1.165) is 24.3 Å². The number of benzene rings is 1. The molecule has 3 atom stereocenters. The van der Waals surface area contributed by atoms with Crippen LogP contribution in [0.25, 0.3) is 0 Å². The lowest BCUT2D eigenvalue weighted by Gasteiger charge is -2.28. The highest BCUT2D eigenvalue weighted by Gasteiger charge is 2.48. The summed E-state index contributed by atoms with van der Waals surface area (Å²) in [5.74, 6) is -0.140. The second-order valence-electron chi connectivity index (χ2n) is 5.82. The predicted molar refractivity (Wildman–Crippen MR) is 75.5 cm³/mol. The van der Waals surface area contributed by atoms with E-state index < -0.39 is 11.6 Å². The molecule has 1 aromatic rings. The first-order chi connectivity index (χ1) is 10.1. The van der Waals surface area contributed by atoms with Crippen molar-refractivity contribution in [2.75, 3.05) is 19.8 Å². The Labute approximate surface area is 123 Å². The molecule has 0 saturated carbocycles. The van der Waals surface area contributed by atoms with Crippen LogP contribution in [-0.2, 0) is 20.7 Å². The van der Waals surface area contributed by atoms with Crippen LogP contribution in [-0.4, -0.2) is 42.6 Å². The van der Waals surface area contributed by atoms with Gasteiger partial charge in [0.25, 0.3) is 0 Å². The third-order valence-corrected chi connectivity index (χ3v) is 4.27. The molecule has 3 rings (SSSR count). The molecule has 0 spiro atoms. The number of epoxide rings is 1. The van der Waals surface area contributed by atoms with Crippen LogP contribution in [0.2, 0.25) is 0 Å². The van der Waals surface area contributed by atoms with Crippen molar-refractivity contribution in [3.05, 3.63) is 29.8 Å². The fraction of sp³-hybridized carbons (Fsp3) is 0.562. The number of hydrogen-bond acceptors (Lipinski definition) is 4. The maximum Gasteiger partial charge on any atom is 0.336 e. The smallest absolute Gasteiger partial charge is 0.336 e. The minimum atomic E-state index is -1.11. The van der Waals surface area contributed by atoms with Gasteiger partial charge in [0.05, 0.1) is 6.61 Å². The Balaban J connectivity index is 1.73. The van der Waals surface area contributed by atoms with Crippen molar-refractivity contribution in [3.8, 4) is 5.75 Å². The zero-order valence-electron chi connectivity index (χ0n) is 12.1. The van der Waals surface area contributed by atoms with E-state index in [4.69, 9.17) is 14.2 Å². The molecule has 114 valence electrons. The average molecular weight is 292 g/mol. The van der Waals surface area contributed by atoms with Crippen LogP contribution < -0.4 is 4.74 Å². The SMILES string of the molecule is C[C@@H]1CCOC1(Cc1cccc(OCC2CO2)c1)C(=O)O. The summed E-state index contributed by atoms with van der Waals surface area (Å²) in [7, 11) is 0. The standard InChI is InChI=1S/C16H20O5/c1-11-5-6-21-16(11,15(17)18)8-12-3-2-4-13(7-12)19-9-14-10-20-14/h2-4,7,11,14H,5-6,8-10H2,1H3,(H,17,18)/t11-,14?,16?/m1/s1. The lowest BCUT2D eigenvalue weighted by atomic mass is 9.83. The molecule has 5 nitrogen and oxygen atoms in total. The Morgan fingerprint density at radius 3 is 2.95 bits per heavy atom. The Kier molecular flexibility index (Phi) is 3.87. The molecule has 0 radical (unpaired) electrons. The summed E-state index contributed by atoms with van der Waals surface area (Å²) in [6.07, 6.45) is 1.35. The summed E-state index contributed by atoms with van der Waals surface area (Å²) in [6.45, 7) is 3.74. The van der Waals surface area contributed by atoms with E-state index in [1.807, 2.05) is 31.2 Å². The lowest BCUT2D eigenvalue weighted by Crippen LogP contribution is -2.45. The van der Waals surface area contributed by atoms with E-state index in [9.17, 15) is 9.90 Å². The van der Waals surface area contributed by atoms with E-state index >= 15 is 0 Å². The topological polar surface area (TPSA) is 68.3 Å². The van der Waals surface area contributed by atoms with Crippen molar-refractivity contribution in [1.29, 1.82) is 0 Å². The Morgan fingerprint density at radius 1 is 1.52 bits per heavy atom. The van der Waals surface area contributed by atoms with Gasteiger partial charge in [-0.1, -0.05) is 19.1 Å². The van der Waals surface area contributed by atoms with Crippen LogP contribution in [0.5, 0.6) is 5.75 Å².